The van der Waals surface area contributed by atoms with Crippen LogP contribution in [0.4, 0.5) is 10.5 Å². The molecule has 0 saturated heterocycles. The van der Waals surface area contributed by atoms with Gasteiger partial charge in [0.2, 0.25) is 5.91 Å². The van der Waals surface area contributed by atoms with E-state index >= 15 is 0 Å². The van der Waals surface area contributed by atoms with Crippen LogP contribution in [0.2, 0.25) is 0 Å². The lowest BCUT2D eigenvalue weighted by atomic mass is 10.3. The molecule has 0 aliphatic heterocycles. The van der Waals surface area contributed by atoms with Crippen molar-refractivity contribution in [3.8, 4) is 5.75 Å². The lowest BCUT2D eigenvalue weighted by Gasteiger charge is -2.08. The van der Waals surface area contributed by atoms with Crippen molar-refractivity contribution in [3.63, 3.8) is 0 Å². The zero-order valence-corrected chi connectivity index (χ0v) is 10.5. The molecule has 3 amide bonds. The first kappa shape index (κ1) is 14.0. The summed E-state index contributed by atoms with van der Waals surface area (Å²) in [4.78, 5) is 22.0. The second kappa shape index (κ2) is 6.01. The largest absolute Gasteiger partial charge is 0.495 e. The normalized spacial score (nSPS) is 11.6. The average Bonchev–Trinajstić information content (AvgIpc) is 2.27. The van der Waals surface area contributed by atoms with Crippen molar-refractivity contribution >= 4 is 28.4 Å². The maximum absolute atomic E-state index is 11.9. The van der Waals surface area contributed by atoms with E-state index in [1.807, 2.05) is 5.32 Å². The van der Waals surface area contributed by atoms with Gasteiger partial charge in [-0.1, -0.05) is 0 Å². The number of nitrogens with two attached hydrogens (primary N) is 2. The molecule has 1 rings (SSSR count). The van der Waals surface area contributed by atoms with E-state index in [-0.39, 0.29) is 5.75 Å². The van der Waals surface area contributed by atoms with E-state index in [4.69, 9.17) is 16.2 Å². The molecular weight excluding hydrogens is 258 g/mol. The van der Waals surface area contributed by atoms with Gasteiger partial charge in [-0.25, -0.2) is 4.79 Å². The van der Waals surface area contributed by atoms with Gasteiger partial charge < -0.3 is 16.2 Å². The molecule has 1 unspecified atom stereocenters. The van der Waals surface area contributed by atoms with Crippen LogP contribution in [0.25, 0.3) is 0 Å². The molecule has 0 radical (unpaired) electrons. The van der Waals surface area contributed by atoms with E-state index in [9.17, 15) is 13.8 Å². The van der Waals surface area contributed by atoms with Crippen LogP contribution in [0, 0.1) is 0 Å². The summed E-state index contributed by atoms with van der Waals surface area (Å²) in [5.74, 6) is -0.789. The highest BCUT2D eigenvalue weighted by Crippen LogP contribution is 2.24. The van der Waals surface area contributed by atoms with E-state index in [0.29, 0.717) is 16.3 Å². The number of imide groups is 1. The molecule has 18 heavy (non-hydrogen) atoms. The lowest BCUT2D eigenvalue weighted by Crippen LogP contribution is -2.37. The molecule has 0 aliphatic carbocycles. The van der Waals surface area contributed by atoms with Crippen LogP contribution >= 0.6 is 0 Å². The van der Waals surface area contributed by atoms with Gasteiger partial charge in [-0.3, -0.25) is 14.3 Å². The molecule has 0 fully saturated rings. The van der Waals surface area contributed by atoms with Gasteiger partial charge in [0.05, 0.1) is 22.8 Å². The summed E-state index contributed by atoms with van der Waals surface area (Å²) in [6, 6.07) is 3.56. The van der Waals surface area contributed by atoms with Gasteiger partial charge in [-0.2, -0.15) is 0 Å². The van der Waals surface area contributed by atoms with Crippen LogP contribution in [0.1, 0.15) is 0 Å². The molecule has 98 valence electrons. The monoisotopic (exact) mass is 271 g/mol. The lowest BCUT2D eigenvalue weighted by molar-refractivity contribution is -0.117. The molecule has 0 saturated carbocycles. The molecule has 5 N–H and O–H groups in total. The van der Waals surface area contributed by atoms with E-state index < -0.39 is 22.7 Å². The molecule has 1 aromatic rings. The number of nitrogens with one attached hydrogen (secondary N) is 1. The number of hydrogen-bond donors (Lipinski definition) is 3. The number of amides is 3. The number of methoxy groups -OCH3 is 1. The smallest absolute Gasteiger partial charge is 0.318 e. The summed E-state index contributed by atoms with van der Waals surface area (Å²) in [7, 11) is -0.248. The highest BCUT2D eigenvalue weighted by atomic mass is 32.2. The predicted molar refractivity (Wildman–Crippen MR) is 66.4 cm³/mol. The highest BCUT2D eigenvalue weighted by Gasteiger charge is 2.15. The Hall–Kier alpha value is -2.09. The summed E-state index contributed by atoms with van der Waals surface area (Å²) < 4.78 is 16.9. The minimum absolute atomic E-state index is 0.320. The molecule has 7 nitrogen and oxygen atoms in total. The number of nitrogen functional groups attached to an aromatic ring is 1. The van der Waals surface area contributed by atoms with Crippen LogP contribution in [0.15, 0.2) is 23.1 Å². The maximum atomic E-state index is 11.9. The summed E-state index contributed by atoms with van der Waals surface area (Å²) in [6.45, 7) is 0. The quantitative estimate of drug-likeness (QED) is 0.641. The number of hydrogen-bond acceptors (Lipinski definition) is 5. The maximum Gasteiger partial charge on any atom is 0.318 e. The fraction of sp³-hybridized carbons (Fsp3) is 0.200. The SMILES string of the molecule is COc1cc(N)ccc1S(=O)CC(=O)NC(N)=O. The zero-order chi connectivity index (χ0) is 13.7. The second-order valence-electron chi connectivity index (χ2n) is 3.31. The van der Waals surface area contributed by atoms with E-state index in [0.717, 1.165) is 0 Å². The Balaban J connectivity index is 2.84. The molecule has 1 atom stereocenters. The van der Waals surface area contributed by atoms with Crippen molar-refractivity contribution in [2.75, 3.05) is 18.6 Å². The van der Waals surface area contributed by atoms with Gasteiger partial charge in [0.25, 0.3) is 0 Å². The molecule has 1 aromatic carbocycles. The molecule has 0 bridgehead atoms. The third-order valence-electron chi connectivity index (χ3n) is 1.96. The fourth-order valence-electron chi connectivity index (χ4n) is 1.24. The highest BCUT2D eigenvalue weighted by molar-refractivity contribution is 7.85. The average molecular weight is 271 g/mol. The van der Waals surface area contributed by atoms with Crippen LogP contribution in [-0.2, 0) is 15.6 Å². The summed E-state index contributed by atoms with van der Waals surface area (Å²) in [5.41, 5.74) is 10.8. The molecule has 0 aliphatic rings. The Morgan fingerprint density at radius 3 is 2.67 bits per heavy atom. The Morgan fingerprint density at radius 1 is 1.44 bits per heavy atom. The molecule has 0 heterocycles. The van der Waals surface area contributed by atoms with Crippen LogP contribution < -0.4 is 21.5 Å². The van der Waals surface area contributed by atoms with E-state index in [1.54, 1.807) is 6.07 Å². The van der Waals surface area contributed by atoms with Crippen molar-refractivity contribution in [1.82, 2.24) is 5.32 Å². The number of carbonyl (C=O) groups is 2. The Kier molecular flexibility index (Phi) is 4.67. The van der Waals surface area contributed by atoms with Gasteiger partial charge in [0.15, 0.2) is 0 Å². The second-order valence-corrected chi connectivity index (χ2v) is 4.73. The summed E-state index contributed by atoms with van der Waals surface area (Å²) >= 11 is 0. The minimum atomic E-state index is -1.65. The summed E-state index contributed by atoms with van der Waals surface area (Å²) in [6.07, 6.45) is 0. The van der Waals surface area contributed by atoms with E-state index in [2.05, 4.69) is 0 Å². The number of benzene rings is 1. The van der Waals surface area contributed by atoms with Gasteiger partial charge in [-0.05, 0) is 12.1 Å². The van der Waals surface area contributed by atoms with Crippen molar-refractivity contribution in [2.24, 2.45) is 5.73 Å². The number of primary amides is 1. The number of anilines is 1. The molecule has 0 spiro atoms. The first-order chi connectivity index (χ1) is 8.43. The fourth-order valence-corrected chi connectivity index (χ4v) is 2.29. The Morgan fingerprint density at radius 2 is 2.11 bits per heavy atom. The standard InChI is InChI=1S/C10H13N3O4S/c1-17-7-4-6(11)2-3-8(7)18(16)5-9(14)13-10(12)15/h2-4H,5,11H2,1H3,(H3,12,13,14,15). The Labute approximate surface area is 106 Å². The van der Waals surface area contributed by atoms with Gasteiger partial charge in [0.1, 0.15) is 11.5 Å². The number of urea groups is 1. The molecule has 0 aromatic heterocycles. The van der Waals surface area contributed by atoms with Crippen LogP contribution in [-0.4, -0.2) is 29.0 Å². The first-order valence-electron chi connectivity index (χ1n) is 4.85. The Bertz CT molecular complexity index is 504. The van der Waals surface area contributed by atoms with Crippen LogP contribution in [0.5, 0.6) is 5.75 Å². The van der Waals surface area contributed by atoms with E-state index in [1.165, 1.54) is 19.2 Å². The van der Waals surface area contributed by atoms with Crippen molar-refractivity contribution < 1.29 is 18.5 Å². The number of rotatable bonds is 4. The third kappa shape index (κ3) is 3.74. The van der Waals surface area contributed by atoms with Crippen LogP contribution in [0.3, 0.4) is 0 Å². The summed E-state index contributed by atoms with van der Waals surface area (Å²) in [5, 5.41) is 1.83. The third-order valence-corrected chi connectivity index (χ3v) is 3.31. The topological polar surface area (TPSA) is 125 Å². The first-order valence-corrected chi connectivity index (χ1v) is 6.17. The van der Waals surface area contributed by atoms with Crippen molar-refractivity contribution in [3.05, 3.63) is 18.2 Å². The minimum Gasteiger partial charge on any atom is -0.495 e. The van der Waals surface area contributed by atoms with Crippen molar-refractivity contribution in [2.45, 2.75) is 4.90 Å². The zero-order valence-electron chi connectivity index (χ0n) is 9.64. The predicted octanol–water partition coefficient (Wildman–Crippen LogP) is -0.420. The molecular formula is C10H13N3O4S. The number of carbonyl (C=O) groups excluding carboxylic acids is 2. The molecule has 8 heteroatoms. The number of ether oxygens (including phenoxy) is 1. The van der Waals surface area contributed by atoms with Crippen molar-refractivity contribution in [1.29, 1.82) is 0 Å². The van der Waals surface area contributed by atoms with Gasteiger partial charge in [-0.15, -0.1) is 0 Å². The van der Waals surface area contributed by atoms with Gasteiger partial charge >= 0.3 is 6.03 Å². The van der Waals surface area contributed by atoms with Gasteiger partial charge in [0, 0.05) is 11.8 Å².